The zero-order chi connectivity index (χ0) is 7.40. The standard InChI is InChI=1S/C7H6NO2/c9-7(10)8-6-4-2-1-3-5-6/h1-5H,(H,9,10). The number of hydrogen-bond donors (Lipinski definition) is 1. The molecule has 51 valence electrons. The molecule has 0 saturated carbocycles. The van der Waals surface area contributed by atoms with Crippen LogP contribution in [0, 0.1) is 0 Å². The molecule has 0 aliphatic rings. The molecule has 1 aromatic carbocycles. The first-order valence-electron chi connectivity index (χ1n) is 2.79. The first-order chi connectivity index (χ1) is 4.79. The second-order valence-corrected chi connectivity index (χ2v) is 1.73. The van der Waals surface area contributed by atoms with Gasteiger partial charge in [0.1, 0.15) is 0 Å². The maximum atomic E-state index is 10.0. The van der Waals surface area contributed by atoms with Crippen molar-refractivity contribution >= 4 is 11.8 Å². The SMILES string of the molecule is O=C(O)[N]c1ccccc1. The van der Waals surface area contributed by atoms with Crippen LogP contribution in [-0.2, 0) is 0 Å². The van der Waals surface area contributed by atoms with Crippen LogP contribution in [0.3, 0.4) is 0 Å². The normalized spacial score (nSPS) is 8.80. The Kier molecular flexibility index (Phi) is 1.89. The molecule has 0 heterocycles. The topological polar surface area (TPSA) is 51.4 Å². The first kappa shape index (κ1) is 6.61. The molecular formula is C7H6NO2. The highest BCUT2D eigenvalue weighted by atomic mass is 16.4. The van der Waals surface area contributed by atoms with Crippen molar-refractivity contribution in [2.45, 2.75) is 0 Å². The van der Waals surface area contributed by atoms with E-state index in [4.69, 9.17) is 5.11 Å². The third kappa shape index (κ3) is 1.78. The van der Waals surface area contributed by atoms with Crippen molar-refractivity contribution in [2.24, 2.45) is 0 Å². The van der Waals surface area contributed by atoms with Gasteiger partial charge in [-0.05, 0) is 12.1 Å². The minimum Gasteiger partial charge on any atom is -0.463 e. The smallest absolute Gasteiger partial charge is 0.431 e. The molecule has 0 aromatic heterocycles. The van der Waals surface area contributed by atoms with E-state index in [1.807, 2.05) is 0 Å². The molecule has 0 fully saturated rings. The summed E-state index contributed by atoms with van der Waals surface area (Å²) < 4.78 is 0. The number of rotatable bonds is 1. The van der Waals surface area contributed by atoms with E-state index in [9.17, 15) is 4.79 Å². The summed E-state index contributed by atoms with van der Waals surface area (Å²) in [5.41, 5.74) is 0.468. The summed E-state index contributed by atoms with van der Waals surface area (Å²) in [4.78, 5) is 10.0. The Labute approximate surface area is 58.3 Å². The van der Waals surface area contributed by atoms with Crippen LogP contribution in [0.1, 0.15) is 0 Å². The third-order valence-corrected chi connectivity index (χ3v) is 0.981. The van der Waals surface area contributed by atoms with Crippen LogP contribution in [0.5, 0.6) is 0 Å². The molecule has 1 N–H and O–H groups in total. The number of amides is 1. The number of para-hydroxylation sites is 1. The van der Waals surface area contributed by atoms with Crippen LogP contribution in [0.4, 0.5) is 10.5 Å². The molecule has 0 spiro atoms. The van der Waals surface area contributed by atoms with Crippen molar-refractivity contribution in [3.05, 3.63) is 30.3 Å². The van der Waals surface area contributed by atoms with Gasteiger partial charge in [-0.3, -0.25) is 0 Å². The summed E-state index contributed by atoms with van der Waals surface area (Å²) >= 11 is 0. The van der Waals surface area contributed by atoms with Gasteiger partial charge in [0, 0.05) is 0 Å². The summed E-state index contributed by atoms with van der Waals surface area (Å²) in [6.07, 6.45) is -1.16. The minimum absolute atomic E-state index is 0.468. The molecule has 10 heavy (non-hydrogen) atoms. The molecule has 1 aromatic rings. The summed E-state index contributed by atoms with van der Waals surface area (Å²) in [6.45, 7) is 0. The van der Waals surface area contributed by atoms with E-state index in [0.29, 0.717) is 5.69 Å². The number of nitrogens with zero attached hydrogens (tertiary/aromatic N) is 1. The van der Waals surface area contributed by atoms with Gasteiger partial charge in [-0.2, -0.15) is 5.32 Å². The summed E-state index contributed by atoms with van der Waals surface area (Å²) in [6, 6.07) is 8.55. The van der Waals surface area contributed by atoms with Crippen LogP contribution < -0.4 is 5.32 Å². The van der Waals surface area contributed by atoms with Crippen LogP contribution in [0.25, 0.3) is 0 Å². The van der Waals surface area contributed by atoms with Crippen LogP contribution >= 0.6 is 0 Å². The Morgan fingerprint density at radius 3 is 2.40 bits per heavy atom. The predicted octanol–water partition coefficient (Wildman–Crippen LogP) is 1.60. The quantitative estimate of drug-likeness (QED) is 0.637. The molecule has 0 saturated heterocycles. The maximum absolute atomic E-state index is 10.0. The van der Waals surface area contributed by atoms with E-state index in [2.05, 4.69) is 5.32 Å². The zero-order valence-electron chi connectivity index (χ0n) is 5.19. The number of carbonyl (C=O) groups is 1. The summed E-state index contributed by atoms with van der Waals surface area (Å²) in [7, 11) is 0. The van der Waals surface area contributed by atoms with Gasteiger partial charge in [0.25, 0.3) is 0 Å². The number of benzene rings is 1. The Morgan fingerprint density at radius 1 is 1.30 bits per heavy atom. The molecule has 1 amide bonds. The Hall–Kier alpha value is -1.51. The third-order valence-electron chi connectivity index (χ3n) is 0.981. The lowest BCUT2D eigenvalue weighted by molar-refractivity contribution is 0.198. The fourth-order valence-corrected chi connectivity index (χ4v) is 0.613. The van der Waals surface area contributed by atoms with Crippen LogP contribution in [0.15, 0.2) is 30.3 Å². The molecule has 0 aliphatic carbocycles. The van der Waals surface area contributed by atoms with Crippen molar-refractivity contribution in [3.8, 4) is 0 Å². The maximum Gasteiger partial charge on any atom is 0.431 e. The molecule has 1 radical (unpaired) electrons. The van der Waals surface area contributed by atoms with Gasteiger partial charge in [0.15, 0.2) is 0 Å². The fraction of sp³-hybridized carbons (Fsp3) is 0. The molecule has 0 atom stereocenters. The van der Waals surface area contributed by atoms with Gasteiger partial charge < -0.3 is 5.11 Å². The van der Waals surface area contributed by atoms with Crippen molar-refractivity contribution < 1.29 is 9.90 Å². The molecule has 0 bridgehead atoms. The Balaban J connectivity index is 2.67. The van der Waals surface area contributed by atoms with Crippen molar-refractivity contribution in [2.75, 3.05) is 0 Å². The zero-order valence-corrected chi connectivity index (χ0v) is 5.19. The monoisotopic (exact) mass is 136 g/mol. The average molecular weight is 136 g/mol. The minimum atomic E-state index is -1.16. The molecular weight excluding hydrogens is 130 g/mol. The van der Waals surface area contributed by atoms with Gasteiger partial charge in [-0.1, -0.05) is 18.2 Å². The second-order valence-electron chi connectivity index (χ2n) is 1.73. The van der Waals surface area contributed by atoms with Gasteiger partial charge in [0.05, 0.1) is 5.69 Å². The van der Waals surface area contributed by atoms with Gasteiger partial charge >= 0.3 is 6.09 Å². The summed E-state index contributed by atoms with van der Waals surface area (Å²) in [5, 5.41) is 11.5. The lowest BCUT2D eigenvalue weighted by atomic mass is 10.3. The molecule has 3 heteroatoms. The predicted molar refractivity (Wildman–Crippen MR) is 36.3 cm³/mol. The van der Waals surface area contributed by atoms with E-state index in [1.165, 1.54) is 0 Å². The number of hydrogen-bond acceptors (Lipinski definition) is 1. The Morgan fingerprint density at radius 2 is 1.90 bits per heavy atom. The summed E-state index contributed by atoms with van der Waals surface area (Å²) in [5.74, 6) is 0. The van der Waals surface area contributed by atoms with Crippen molar-refractivity contribution in [3.63, 3.8) is 0 Å². The molecule has 0 aliphatic heterocycles. The van der Waals surface area contributed by atoms with Crippen molar-refractivity contribution in [1.29, 1.82) is 0 Å². The van der Waals surface area contributed by atoms with Crippen LogP contribution in [0.2, 0.25) is 0 Å². The van der Waals surface area contributed by atoms with Crippen molar-refractivity contribution in [1.82, 2.24) is 5.32 Å². The highest BCUT2D eigenvalue weighted by Crippen LogP contribution is 2.03. The molecule has 3 nitrogen and oxygen atoms in total. The van der Waals surface area contributed by atoms with Crippen LogP contribution in [-0.4, -0.2) is 11.2 Å². The fourth-order valence-electron chi connectivity index (χ4n) is 0.613. The largest absolute Gasteiger partial charge is 0.463 e. The molecule has 1 rings (SSSR count). The van der Waals surface area contributed by atoms with E-state index in [-0.39, 0.29) is 0 Å². The van der Waals surface area contributed by atoms with E-state index >= 15 is 0 Å². The second kappa shape index (κ2) is 2.87. The van der Waals surface area contributed by atoms with E-state index in [0.717, 1.165) is 0 Å². The Bertz CT molecular complexity index is 220. The van der Waals surface area contributed by atoms with Gasteiger partial charge in [-0.25, -0.2) is 4.79 Å². The van der Waals surface area contributed by atoms with E-state index in [1.54, 1.807) is 30.3 Å². The van der Waals surface area contributed by atoms with E-state index < -0.39 is 6.09 Å². The lowest BCUT2D eigenvalue weighted by Crippen LogP contribution is -2.05. The number of carboxylic acid groups (broad SMARTS) is 1. The highest BCUT2D eigenvalue weighted by molar-refractivity contribution is 5.70. The highest BCUT2D eigenvalue weighted by Gasteiger charge is 1.96. The average Bonchev–Trinajstić information content (AvgIpc) is 1.88. The first-order valence-corrected chi connectivity index (χ1v) is 2.79. The lowest BCUT2D eigenvalue weighted by Gasteiger charge is -1.92. The van der Waals surface area contributed by atoms with Gasteiger partial charge in [-0.15, -0.1) is 0 Å². The van der Waals surface area contributed by atoms with Gasteiger partial charge in [0.2, 0.25) is 0 Å². The molecule has 0 unspecified atom stereocenters.